The van der Waals surface area contributed by atoms with Crippen molar-refractivity contribution < 1.29 is 9.53 Å². The van der Waals surface area contributed by atoms with Gasteiger partial charge < -0.3 is 15.4 Å². The largest absolute Gasteiger partial charge is 0.491 e. The maximum Gasteiger partial charge on any atom is 0.238 e. The van der Waals surface area contributed by atoms with E-state index in [9.17, 15) is 4.79 Å². The lowest BCUT2D eigenvalue weighted by Crippen LogP contribution is -2.58. The van der Waals surface area contributed by atoms with Gasteiger partial charge in [0.05, 0.1) is 4.47 Å². The van der Waals surface area contributed by atoms with Crippen LogP contribution in [0, 0.1) is 0 Å². The Morgan fingerprint density at radius 1 is 1.62 bits per heavy atom. The number of amides is 1. The molecule has 1 fully saturated rings. The fourth-order valence-electron chi connectivity index (χ4n) is 2.30. The van der Waals surface area contributed by atoms with Gasteiger partial charge >= 0.3 is 0 Å². The van der Waals surface area contributed by atoms with E-state index in [-0.39, 0.29) is 11.9 Å². The van der Waals surface area contributed by atoms with E-state index in [1.165, 1.54) is 0 Å². The van der Waals surface area contributed by atoms with Crippen LogP contribution < -0.4 is 15.4 Å². The summed E-state index contributed by atoms with van der Waals surface area (Å²) in [5.41, 5.74) is 0. The molecule has 1 aliphatic heterocycles. The molecule has 0 saturated carbocycles. The van der Waals surface area contributed by atoms with Crippen LogP contribution >= 0.6 is 27.5 Å². The molecule has 1 aromatic carbocycles. The van der Waals surface area contributed by atoms with Gasteiger partial charge in [-0.3, -0.25) is 9.69 Å². The molecule has 0 spiro atoms. The van der Waals surface area contributed by atoms with Crippen molar-refractivity contribution in [2.75, 3.05) is 39.8 Å². The molecule has 1 unspecified atom stereocenters. The summed E-state index contributed by atoms with van der Waals surface area (Å²) in [4.78, 5) is 14.0. The Bertz CT molecular complexity index is 501. The van der Waals surface area contributed by atoms with Gasteiger partial charge in [-0.05, 0) is 34.1 Å². The van der Waals surface area contributed by atoms with Crippen molar-refractivity contribution in [3.63, 3.8) is 0 Å². The van der Waals surface area contributed by atoms with Crippen LogP contribution in [-0.4, -0.2) is 56.7 Å². The summed E-state index contributed by atoms with van der Waals surface area (Å²) in [6, 6.07) is 5.29. The van der Waals surface area contributed by atoms with E-state index in [2.05, 4.69) is 31.5 Å². The molecule has 2 rings (SSSR count). The lowest BCUT2D eigenvalue weighted by atomic mass is 10.2. The Hall–Kier alpha value is -0.820. The number of hydrogen-bond acceptors (Lipinski definition) is 4. The van der Waals surface area contributed by atoms with Crippen LogP contribution in [0.25, 0.3) is 0 Å². The molecule has 7 heteroatoms. The standard InChI is InChI=1S/C14H19BrClN3O2/c1-17-14(20)12-9-18-4-5-19(12)6-7-21-13-3-2-10(16)8-11(13)15/h2-3,8,12,18H,4-7,9H2,1H3,(H,17,20). The quantitative estimate of drug-likeness (QED) is 0.818. The second-order valence-corrected chi connectivity index (χ2v) is 6.08. The number of benzene rings is 1. The first-order valence-corrected chi connectivity index (χ1v) is 8.03. The predicted molar refractivity (Wildman–Crippen MR) is 86.9 cm³/mol. The van der Waals surface area contributed by atoms with Crippen molar-refractivity contribution >= 4 is 33.4 Å². The molecule has 0 radical (unpaired) electrons. The maximum absolute atomic E-state index is 11.8. The molecule has 1 heterocycles. The third kappa shape index (κ3) is 4.57. The zero-order valence-electron chi connectivity index (χ0n) is 11.9. The van der Waals surface area contributed by atoms with Gasteiger partial charge in [-0.1, -0.05) is 11.6 Å². The summed E-state index contributed by atoms with van der Waals surface area (Å²) in [7, 11) is 1.66. The van der Waals surface area contributed by atoms with Gasteiger partial charge in [0.2, 0.25) is 5.91 Å². The monoisotopic (exact) mass is 375 g/mol. The number of likely N-dealkylation sites (N-methyl/N-ethyl adjacent to an activating group) is 1. The third-order valence-corrected chi connectivity index (χ3v) is 4.29. The highest BCUT2D eigenvalue weighted by Crippen LogP contribution is 2.27. The summed E-state index contributed by atoms with van der Waals surface area (Å²) < 4.78 is 6.59. The smallest absolute Gasteiger partial charge is 0.238 e. The molecule has 0 bridgehead atoms. The van der Waals surface area contributed by atoms with E-state index in [0.717, 1.165) is 23.3 Å². The highest BCUT2D eigenvalue weighted by atomic mass is 79.9. The Kier molecular flexibility index (Phi) is 6.29. The fourth-order valence-corrected chi connectivity index (χ4v) is 3.10. The molecule has 1 atom stereocenters. The van der Waals surface area contributed by atoms with Gasteiger partial charge in [0.1, 0.15) is 18.4 Å². The van der Waals surface area contributed by atoms with Crippen LogP contribution in [0.1, 0.15) is 0 Å². The number of nitrogens with zero attached hydrogens (tertiary/aromatic N) is 1. The molecular weight excluding hydrogens is 358 g/mol. The molecule has 1 aromatic rings. The molecule has 21 heavy (non-hydrogen) atoms. The highest BCUT2D eigenvalue weighted by molar-refractivity contribution is 9.10. The third-order valence-electron chi connectivity index (χ3n) is 3.43. The summed E-state index contributed by atoms with van der Waals surface area (Å²) in [5.74, 6) is 0.793. The minimum Gasteiger partial charge on any atom is -0.491 e. The summed E-state index contributed by atoms with van der Waals surface area (Å²) >= 11 is 9.32. The number of nitrogens with one attached hydrogen (secondary N) is 2. The van der Waals surface area contributed by atoms with E-state index in [1.54, 1.807) is 19.2 Å². The second-order valence-electron chi connectivity index (χ2n) is 4.79. The average Bonchev–Trinajstić information content (AvgIpc) is 2.49. The molecule has 0 aromatic heterocycles. The molecule has 116 valence electrons. The maximum atomic E-state index is 11.8. The molecule has 2 N–H and O–H groups in total. The van der Waals surface area contributed by atoms with Crippen molar-refractivity contribution in [1.82, 2.24) is 15.5 Å². The summed E-state index contributed by atoms with van der Waals surface area (Å²) in [5, 5.41) is 6.61. The summed E-state index contributed by atoms with van der Waals surface area (Å²) in [6.45, 7) is 3.62. The van der Waals surface area contributed by atoms with E-state index >= 15 is 0 Å². The lowest BCUT2D eigenvalue weighted by Gasteiger charge is -2.34. The first-order valence-electron chi connectivity index (χ1n) is 6.86. The van der Waals surface area contributed by atoms with Crippen LogP contribution in [0.3, 0.4) is 0 Å². The fraction of sp³-hybridized carbons (Fsp3) is 0.500. The van der Waals surface area contributed by atoms with Crippen molar-refractivity contribution in [2.24, 2.45) is 0 Å². The van der Waals surface area contributed by atoms with Gasteiger partial charge in [0, 0.05) is 38.2 Å². The number of ether oxygens (including phenoxy) is 1. The van der Waals surface area contributed by atoms with E-state index < -0.39 is 0 Å². The molecule has 5 nitrogen and oxygen atoms in total. The number of rotatable bonds is 5. The number of halogens is 2. The normalized spacial score (nSPS) is 19.3. The van der Waals surface area contributed by atoms with Crippen LogP contribution in [0.15, 0.2) is 22.7 Å². The van der Waals surface area contributed by atoms with Crippen LogP contribution in [0.4, 0.5) is 0 Å². The van der Waals surface area contributed by atoms with Gasteiger partial charge in [-0.2, -0.15) is 0 Å². The van der Waals surface area contributed by atoms with Crippen molar-refractivity contribution in [3.8, 4) is 5.75 Å². The summed E-state index contributed by atoms with van der Waals surface area (Å²) in [6.07, 6.45) is 0. The topological polar surface area (TPSA) is 53.6 Å². The van der Waals surface area contributed by atoms with Crippen LogP contribution in [0.5, 0.6) is 5.75 Å². The van der Waals surface area contributed by atoms with E-state index in [4.69, 9.17) is 16.3 Å². The minimum atomic E-state index is -0.138. The number of carbonyl (C=O) groups excluding carboxylic acids is 1. The number of piperazine rings is 1. The van der Waals surface area contributed by atoms with Gasteiger partial charge in [0.25, 0.3) is 0 Å². The van der Waals surface area contributed by atoms with Crippen molar-refractivity contribution in [1.29, 1.82) is 0 Å². The molecule has 0 aliphatic carbocycles. The zero-order chi connectivity index (χ0) is 15.2. The molecule has 1 amide bonds. The van der Waals surface area contributed by atoms with E-state index in [0.29, 0.717) is 24.7 Å². The first-order chi connectivity index (χ1) is 10.1. The predicted octanol–water partition coefficient (Wildman–Crippen LogP) is 1.50. The van der Waals surface area contributed by atoms with Gasteiger partial charge in [0.15, 0.2) is 0 Å². The minimum absolute atomic E-state index is 0.0369. The Balaban J connectivity index is 1.87. The van der Waals surface area contributed by atoms with Crippen molar-refractivity contribution in [2.45, 2.75) is 6.04 Å². The van der Waals surface area contributed by atoms with Crippen molar-refractivity contribution in [3.05, 3.63) is 27.7 Å². The molecule has 1 aliphatic rings. The zero-order valence-corrected chi connectivity index (χ0v) is 14.2. The number of carbonyl (C=O) groups is 1. The molecular formula is C14H19BrClN3O2. The Labute approximate surface area is 138 Å². The number of hydrogen-bond donors (Lipinski definition) is 2. The van der Waals surface area contributed by atoms with Crippen LogP contribution in [-0.2, 0) is 4.79 Å². The lowest BCUT2D eigenvalue weighted by molar-refractivity contribution is -0.126. The Morgan fingerprint density at radius 3 is 3.14 bits per heavy atom. The van der Waals surface area contributed by atoms with E-state index in [1.807, 2.05) is 6.07 Å². The SMILES string of the molecule is CNC(=O)C1CNCCN1CCOc1ccc(Cl)cc1Br. The van der Waals surface area contributed by atoms with Gasteiger partial charge in [-0.25, -0.2) is 0 Å². The van der Waals surface area contributed by atoms with Crippen LogP contribution in [0.2, 0.25) is 5.02 Å². The molecule has 1 saturated heterocycles. The second kappa shape index (κ2) is 7.98. The average molecular weight is 377 g/mol. The Morgan fingerprint density at radius 2 is 2.43 bits per heavy atom. The highest BCUT2D eigenvalue weighted by Gasteiger charge is 2.27. The van der Waals surface area contributed by atoms with Gasteiger partial charge in [-0.15, -0.1) is 0 Å². The first kappa shape index (κ1) is 16.5.